The van der Waals surface area contributed by atoms with Crippen LogP contribution < -0.4 is 0 Å². The normalized spacial score (nSPS) is 14.2. The SMILES string of the molecule is C=CCN(C)CC(CC)(CCN(C)Cc1cccc(C(F)(F)F)c1)OC=O. The molecule has 0 bridgehead atoms. The Morgan fingerprint density at radius 3 is 2.48 bits per heavy atom. The van der Waals surface area contributed by atoms with Crippen molar-refractivity contribution in [3.05, 3.63) is 48.0 Å². The predicted octanol–water partition coefficient (Wildman–Crippen LogP) is 3.97. The molecule has 0 saturated heterocycles. The summed E-state index contributed by atoms with van der Waals surface area (Å²) in [7, 11) is 3.77. The van der Waals surface area contributed by atoms with Gasteiger partial charge in [-0.1, -0.05) is 31.2 Å². The fourth-order valence-corrected chi connectivity index (χ4v) is 3.06. The first kappa shape index (κ1) is 23.2. The summed E-state index contributed by atoms with van der Waals surface area (Å²) in [6, 6.07) is 5.34. The zero-order chi connectivity index (χ0) is 20.5. The van der Waals surface area contributed by atoms with E-state index >= 15 is 0 Å². The molecule has 152 valence electrons. The van der Waals surface area contributed by atoms with Gasteiger partial charge in [-0.05, 0) is 32.1 Å². The Kier molecular flexibility index (Phi) is 8.99. The first-order chi connectivity index (χ1) is 12.7. The Morgan fingerprint density at radius 1 is 1.22 bits per heavy atom. The average molecular weight is 386 g/mol. The van der Waals surface area contributed by atoms with Crippen molar-refractivity contribution in [2.24, 2.45) is 0 Å². The lowest BCUT2D eigenvalue weighted by molar-refractivity contribution is -0.147. The van der Waals surface area contributed by atoms with Gasteiger partial charge in [0.1, 0.15) is 5.60 Å². The lowest BCUT2D eigenvalue weighted by Crippen LogP contribution is -2.45. The smallest absolute Gasteiger partial charge is 0.416 e. The number of benzene rings is 1. The van der Waals surface area contributed by atoms with E-state index in [-0.39, 0.29) is 0 Å². The van der Waals surface area contributed by atoms with Crippen molar-refractivity contribution in [1.82, 2.24) is 9.80 Å². The number of nitrogens with zero attached hydrogens (tertiary/aromatic N) is 2. The van der Waals surface area contributed by atoms with Gasteiger partial charge in [-0.15, -0.1) is 6.58 Å². The molecular weight excluding hydrogens is 357 g/mol. The third-order valence-electron chi connectivity index (χ3n) is 4.60. The highest BCUT2D eigenvalue weighted by Gasteiger charge is 2.32. The average Bonchev–Trinajstić information content (AvgIpc) is 2.59. The number of carbonyl (C=O) groups excluding carboxylic acids is 1. The Bertz CT molecular complexity index is 607. The molecule has 1 rings (SSSR count). The third kappa shape index (κ3) is 7.72. The highest BCUT2D eigenvalue weighted by atomic mass is 19.4. The predicted molar refractivity (Wildman–Crippen MR) is 100 cm³/mol. The molecule has 0 N–H and O–H groups in total. The van der Waals surface area contributed by atoms with Gasteiger partial charge in [-0.25, -0.2) is 0 Å². The lowest BCUT2D eigenvalue weighted by Gasteiger charge is -2.35. The third-order valence-corrected chi connectivity index (χ3v) is 4.60. The number of rotatable bonds is 12. The van der Waals surface area contributed by atoms with Crippen molar-refractivity contribution in [3.63, 3.8) is 0 Å². The van der Waals surface area contributed by atoms with E-state index < -0.39 is 17.3 Å². The van der Waals surface area contributed by atoms with Gasteiger partial charge in [0.25, 0.3) is 6.47 Å². The van der Waals surface area contributed by atoms with Crippen LogP contribution in [0.5, 0.6) is 0 Å². The van der Waals surface area contributed by atoms with Gasteiger partial charge in [0.15, 0.2) is 0 Å². The Hall–Kier alpha value is -1.86. The fourth-order valence-electron chi connectivity index (χ4n) is 3.06. The first-order valence-electron chi connectivity index (χ1n) is 8.91. The molecular formula is C20H29F3N2O2. The molecule has 27 heavy (non-hydrogen) atoms. The largest absolute Gasteiger partial charge is 0.460 e. The second kappa shape index (κ2) is 10.5. The number of alkyl halides is 3. The second-order valence-corrected chi connectivity index (χ2v) is 6.92. The molecule has 1 atom stereocenters. The van der Waals surface area contributed by atoms with Crippen molar-refractivity contribution in [2.75, 3.05) is 33.7 Å². The molecule has 0 aromatic heterocycles. The van der Waals surface area contributed by atoms with E-state index in [0.29, 0.717) is 51.1 Å². The van der Waals surface area contributed by atoms with Gasteiger partial charge < -0.3 is 9.64 Å². The van der Waals surface area contributed by atoms with E-state index in [2.05, 4.69) is 6.58 Å². The molecule has 0 saturated carbocycles. The summed E-state index contributed by atoms with van der Waals surface area (Å²) in [5, 5.41) is 0. The zero-order valence-corrected chi connectivity index (χ0v) is 16.3. The second-order valence-electron chi connectivity index (χ2n) is 6.92. The maximum Gasteiger partial charge on any atom is 0.416 e. The number of ether oxygens (including phenoxy) is 1. The molecule has 0 fully saturated rings. The van der Waals surface area contributed by atoms with Crippen LogP contribution >= 0.6 is 0 Å². The van der Waals surface area contributed by atoms with E-state index in [4.69, 9.17) is 4.74 Å². The van der Waals surface area contributed by atoms with Crippen LogP contribution in [0.15, 0.2) is 36.9 Å². The van der Waals surface area contributed by atoms with Crippen molar-refractivity contribution < 1.29 is 22.7 Å². The molecule has 0 amide bonds. The number of likely N-dealkylation sites (N-methyl/N-ethyl adjacent to an activating group) is 1. The highest BCUT2D eigenvalue weighted by Crippen LogP contribution is 2.30. The van der Waals surface area contributed by atoms with Crippen molar-refractivity contribution >= 4 is 6.47 Å². The van der Waals surface area contributed by atoms with Crippen LogP contribution in [0.3, 0.4) is 0 Å². The molecule has 0 radical (unpaired) electrons. The molecule has 0 aliphatic carbocycles. The number of halogens is 3. The van der Waals surface area contributed by atoms with Crippen LogP contribution in [0.1, 0.15) is 30.9 Å². The summed E-state index contributed by atoms with van der Waals surface area (Å²) in [6.07, 6.45) is -1.34. The van der Waals surface area contributed by atoms with E-state index in [1.165, 1.54) is 12.1 Å². The zero-order valence-electron chi connectivity index (χ0n) is 16.3. The summed E-state index contributed by atoms with van der Waals surface area (Å²) in [5.74, 6) is 0. The van der Waals surface area contributed by atoms with Gasteiger partial charge in [-0.3, -0.25) is 9.69 Å². The molecule has 7 heteroatoms. The molecule has 0 aliphatic rings. The fraction of sp³-hybridized carbons (Fsp3) is 0.550. The molecule has 1 aromatic rings. The van der Waals surface area contributed by atoms with Gasteiger partial charge >= 0.3 is 6.18 Å². The quantitative estimate of drug-likeness (QED) is 0.402. The molecule has 0 heterocycles. The molecule has 4 nitrogen and oxygen atoms in total. The van der Waals surface area contributed by atoms with Crippen LogP contribution in [0.4, 0.5) is 13.2 Å². The monoisotopic (exact) mass is 386 g/mol. The Labute approximate surface area is 159 Å². The number of hydrogen-bond donors (Lipinski definition) is 0. The van der Waals surface area contributed by atoms with Crippen molar-refractivity contribution in [1.29, 1.82) is 0 Å². The topological polar surface area (TPSA) is 32.8 Å². The molecule has 1 unspecified atom stereocenters. The molecule has 0 spiro atoms. The minimum Gasteiger partial charge on any atom is -0.460 e. The standard InChI is InChI=1S/C20H29F3N2O2/c1-5-11-25(4)15-19(6-2,27-16-26)10-12-24(3)14-17-8-7-9-18(13-17)20(21,22)23/h5,7-9,13,16H,1,6,10-12,14-15H2,2-4H3. The van der Waals surface area contributed by atoms with Crippen molar-refractivity contribution in [2.45, 2.75) is 38.1 Å². The van der Waals surface area contributed by atoms with Crippen LogP contribution in [-0.2, 0) is 22.3 Å². The minimum absolute atomic E-state index is 0.382. The van der Waals surface area contributed by atoms with Crippen LogP contribution in [0.25, 0.3) is 0 Å². The summed E-state index contributed by atoms with van der Waals surface area (Å²) in [4.78, 5) is 15.0. The van der Waals surface area contributed by atoms with Gasteiger partial charge in [0.05, 0.1) is 5.56 Å². The summed E-state index contributed by atoms with van der Waals surface area (Å²) in [6.45, 7) is 8.33. The first-order valence-corrected chi connectivity index (χ1v) is 8.91. The highest BCUT2D eigenvalue weighted by molar-refractivity contribution is 5.38. The lowest BCUT2D eigenvalue weighted by atomic mass is 9.95. The maximum atomic E-state index is 12.8. The van der Waals surface area contributed by atoms with Crippen LogP contribution in [-0.4, -0.2) is 55.6 Å². The molecule has 0 aliphatic heterocycles. The minimum atomic E-state index is -4.35. The number of carbonyl (C=O) groups is 1. The van der Waals surface area contributed by atoms with Gasteiger partial charge in [0, 0.05) is 32.6 Å². The van der Waals surface area contributed by atoms with E-state index in [1.807, 2.05) is 30.8 Å². The molecule has 1 aromatic carbocycles. The maximum absolute atomic E-state index is 12.8. The summed E-state index contributed by atoms with van der Waals surface area (Å²) >= 11 is 0. The summed E-state index contributed by atoms with van der Waals surface area (Å²) in [5.41, 5.74) is -0.692. The number of hydrogen-bond acceptors (Lipinski definition) is 4. The van der Waals surface area contributed by atoms with E-state index in [9.17, 15) is 18.0 Å². The van der Waals surface area contributed by atoms with Gasteiger partial charge in [-0.2, -0.15) is 13.2 Å². The van der Waals surface area contributed by atoms with Crippen molar-refractivity contribution in [3.8, 4) is 0 Å². The van der Waals surface area contributed by atoms with E-state index in [0.717, 1.165) is 6.07 Å². The van der Waals surface area contributed by atoms with Gasteiger partial charge in [0.2, 0.25) is 0 Å². The van der Waals surface area contributed by atoms with Crippen LogP contribution in [0.2, 0.25) is 0 Å². The van der Waals surface area contributed by atoms with Crippen LogP contribution in [0, 0.1) is 0 Å². The Morgan fingerprint density at radius 2 is 1.93 bits per heavy atom. The van der Waals surface area contributed by atoms with E-state index in [1.54, 1.807) is 12.1 Å². The summed E-state index contributed by atoms with van der Waals surface area (Å²) < 4.78 is 44.0. The Balaban J connectivity index is 2.74.